The van der Waals surface area contributed by atoms with Crippen LogP contribution in [0.3, 0.4) is 0 Å². The summed E-state index contributed by atoms with van der Waals surface area (Å²) >= 11 is 0. The minimum Gasteiger partial charge on any atom is -0.466 e. The Kier molecular flexibility index (Phi) is 4.77. The first kappa shape index (κ1) is 17.5. The van der Waals surface area contributed by atoms with Gasteiger partial charge in [0.2, 0.25) is 0 Å². The van der Waals surface area contributed by atoms with Gasteiger partial charge < -0.3 is 18.6 Å². The third-order valence-electron chi connectivity index (χ3n) is 4.77. The fourth-order valence-corrected chi connectivity index (χ4v) is 3.47. The number of ether oxygens (including phenoxy) is 1. The molecule has 3 aromatic heterocycles. The van der Waals surface area contributed by atoms with E-state index in [1.165, 1.54) is 0 Å². The van der Waals surface area contributed by atoms with E-state index in [4.69, 9.17) is 9.15 Å². The maximum absolute atomic E-state index is 13.0. The van der Waals surface area contributed by atoms with E-state index >= 15 is 0 Å². The highest BCUT2D eigenvalue weighted by Crippen LogP contribution is 2.25. The summed E-state index contributed by atoms with van der Waals surface area (Å²) in [6.07, 6.45) is 5.36. The lowest BCUT2D eigenvalue weighted by atomic mass is 10.1. The zero-order valence-corrected chi connectivity index (χ0v) is 15.5. The van der Waals surface area contributed by atoms with Gasteiger partial charge in [0.1, 0.15) is 11.5 Å². The van der Waals surface area contributed by atoms with Crippen molar-refractivity contribution in [1.29, 1.82) is 0 Å². The fourth-order valence-electron chi connectivity index (χ4n) is 3.47. The van der Waals surface area contributed by atoms with Gasteiger partial charge in [-0.3, -0.25) is 9.78 Å². The molecule has 0 aliphatic carbocycles. The molecule has 3 aromatic rings. The predicted octanol–water partition coefficient (Wildman–Crippen LogP) is 2.90. The third-order valence-corrected chi connectivity index (χ3v) is 4.77. The monoisotopic (exact) mass is 366 g/mol. The fraction of sp³-hybridized carbons (Fsp3) is 0.350. The number of amides is 1. The third kappa shape index (κ3) is 3.64. The molecule has 0 bridgehead atoms. The van der Waals surface area contributed by atoms with Crippen LogP contribution < -0.4 is 0 Å². The average Bonchev–Trinajstić information content (AvgIpc) is 3.27. The number of fused-ring (bicyclic) bond motifs is 1. The molecule has 1 atom stereocenters. The molecule has 0 saturated heterocycles. The molecular weight excluding hydrogens is 344 g/mol. The Morgan fingerprint density at radius 1 is 1.37 bits per heavy atom. The molecule has 0 fully saturated rings. The first-order valence-electron chi connectivity index (χ1n) is 8.96. The molecule has 1 amide bonds. The summed E-state index contributed by atoms with van der Waals surface area (Å²) in [6.45, 7) is 5.68. The Morgan fingerprint density at radius 3 is 3.00 bits per heavy atom. The van der Waals surface area contributed by atoms with Gasteiger partial charge in [-0.2, -0.15) is 0 Å². The Labute approximate surface area is 157 Å². The van der Waals surface area contributed by atoms with Crippen molar-refractivity contribution < 1.29 is 13.9 Å². The van der Waals surface area contributed by atoms with E-state index in [9.17, 15) is 4.79 Å². The van der Waals surface area contributed by atoms with E-state index in [2.05, 4.69) is 14.5 Å². The van der Waals surface area contributed by atoms with Crippen LogP contribution in [0.4, 0.5) is 0 Å². The van der Waals surface area contributed by atoms with Crippen molar-refractivity contribution in [3.05, 3.63) is 71.5 Å². The van der Waals surface area contributed by atoms with Crippen molar-refractivity contribution in [1.82, 2.24) is 19.4 Å². The van der Waals surface area contributed by atoms with E-state index in [0.717, 1.165) is 17.1 Å². The van der Waals surface area contributed by atoms with Crippen molar-refractivity contribution in [3.63, 3.8) is 0 Å². The van der Waals surface area contributed by atoms with Crippen molar-refractivity contribution in [2.75, 3.05) is 13.2 Å². The number of carbonyl (C=O) groups is 1. The molecule has 0 spiro atoms. The zero-order valence-electron chi connectivity index (χ0n) is 15.5. The Hall–Kier alpha value is -2.93. The summed E-state index contributed by atoms with van der Waals surface area (Å²) in [7, 11) is 0. The van der Waals surface area contributed by atoms with Crippen LogP contribution in [0.1, 0.15) is 39.3 Å². The molecule has 4 rings (SSSR count). The Morgan fingerprint density at radius 2 is 2.26 bits per heavy atom. The molecule has 0 saturated carbocycles. The maximum atomic E-state index is 13.0. The van der Waals surface area contributed by atoms with Gasteiger partial charge in [0.15, 0.2) is 0 Å². The number of pyridine rings is 1. The molecule has 4 heterocycles. The van der Waals surface area contributed by atoms with Crippen molar-refractivity contribution in [2.45, 2.75) is 33.0 Å². The van der Waals surface area contributed by atoms with Gasteiger partial charge in [0.25, 0.3) is 5.91 Å². The molecule has 27 heavy (non-hydrogen) atoms. The Balaban J connectivity index is 1.47. The van der Waals surface area contributed by atoms with Crippen molar-refractivity contribution in [3.8, 4) is 0 Å². The van der Waals surface area contributed by atoms with Gasteiger partial charge >= 0.3 is 0 Å². The summed E-state index contributed by atoms with van der Waals surface area (Å²) < 4.78 is 13.5. The highest BCUT2D eigenvalue weighted by molar-refractivity contribution is 5.95. The van der Waals surface area contributed by atoms with E-state index < -0.39 is 0 Å². The highest BCUT2D eigenvalue weighted by atomic mass is 16.5. The molecule has 1 aliphatic heterocycles. The highest BCUT2D eigenvalue weighted by Gasteiger charge is 2.30. The lowest BCUT2D eigenvalue weighted by Gasteiger charge is -2.34. The number of furan rings is 1. The Bertz CT molecular complexity index is 932. The van der Waals surface area contributed by atoms with Crippen LogP contribution >= 0.6 is 0 Å². The van der Waals surface area contributed by atoms with Crippen molar-refractivity contribution in [2.24, 2.45) is 0 Å². The van der Waals surface area contributed by atoms with Gasteiger partial charge in [-0.15, -0.1) is 0 Å². The van der Waals surface area contributed by atoms with Crippen LogP contribution in [-0.4, -0.2) is 38.5 Å². The van der Waals surface area contributed by atoms with Crippen LogP contribution in [0.25, 0.3) is 0 Å². The smallest absolute Gasteiger partial charge is 0.257 e. The second-order valence-electron chi connectivity index (χ2n) is 6.79. The van der Waals surface area contributed by atoms with E-state index in [-0.39, 0.29) is 11.9 Å². The number of aryl methyl sites for hydroxylation is 2. The number of carbonyl (C=O) groups excluding carboxylic acids is 1. The van der Waals surface area contributed by atoms with Crippen LogP contribution in [0.15, 0.2) is 47.4 Å². The van der Waals surface area contributed by atoms with Crippen LogP contribution in [-0.2, 0) is 17.9 Å². The average molecular weight is 366 g/mol. The number of nitrogens with zero attached hydrogens (tertiary/aromatic N) is 4. The molecule has 7 heteroatoms. The molecule has 0 N–H and O–H groups in total. The van der Waals surface area contributed by atoms with Gasteiger partial charge in [-0.1, -0.05) is 6.07 Å². The summed E-state index contributed by atoms with van der Waals surface area (Å²) in [5.41, 5.74) is 2.50. The molecule has 0 unspecified atom stereocenters. The quantitative estimate of drug-likeness (QED) is 0.694. The standard InChI is InChI=1S/C20H22N4O3/c1-14-7-19(15(2)27-14)20(25)23-9-17-8-21-13-24(17)18(10-23)12-26-11-16-5-3-4-6-22-16/h3-8,13,18H,9-12H2,1-2H3/t18-/m0/s1. The lowest BCUT2D eigenvalue weighted by molar-refractivity contribution is 0.0472. The molecule has 0 aromatic carbocycles. The first-order valence-corrected chi connectivity index (χ1v) is 8.96. The maximum Gasteiger partial charge on any atom is 0.257 e. The zero-order chi connectivity index (χ0) is 18.8. The van der Waals surface area contributed by atoms with Gasteiger partial charge in [0.05, 0.1) is 49.1 Å². The lowest BCUT2D eigenvalue weighted by Crippen LogP contribution is -2.42. The van der Waals surface area contributed by atoms with Crippen LogP contribution in [0.2, 0.25) is 0 Å². The normalized spacial score (nSPS) is 16.4. The number of hydrogen-bond donors (Lipinski definition) is 0. The summed E-state index contributed by atoms with van der Waals surface area (Å²) in [4.78, 5) is 23.3. The van der Waals surface area contributed by atoms with Gasteiger partial charge in [-0.05, 0) is 32.0 Å². The van der Waals surface area contributed by atoms with E-state index in [1.54, 1.807) is 24.8 Å². The van der Waals surface area contributed by atoms with E-state index in [1.807, 2.05) is 36.9 Å². The summed E-state index contributed by atoms with van der Waals surface area (Å²) in [5.74, 6) is 1.37. The predicted molar refractivity (Wildman–Crippen MR) is 98.1 cm³/mol. The largest absolute Gasteiger partial charge is 0.466 e. The summed E-state index contributed by atoms with van der Waals surface area (Å²) in [5, 5.41) is 0. The molecule has 1 aliphatic rings. The molecular formula is C20H22N4O3. The molecule has 0 radical (unpaired) electrons. The SMILES string of the molecule is Cc1cc(C(=O)N2Cc3cncn3[C@H](COCc3ccccn3)C2)c(C)o1. The number of aromatic nitrogens is 3. The second kappa shape index (κ2) is 7.36. The topological polar surface area (TPSA) is 73.4 Å². The summed E-state index contributed by atoms with van der Waals surface area (Å²) in [6, 6.07) is 7.57. The van der Waals surface area contributed by atoms with E-state index in [0.29, 0.717) is 37.6 Å². The molecule has 7 nitrogen and oxygen atoms in total. The number of imidazole rings is 1. The molecule has 140 valence electrons. The minimum atomic E-state index is -0.0217. The first-order chi connectivity index (χ1) is 13.1. The minimum absolute atomic E-state index is 0.0113. The number of rotatable bonds is 5. The van der Waals surface area contributed by atoms with Crippen molar-refractivity contribution >= 4 is 5.91 Å². The number of hydrogen-bond acceptors (Lipinski definition) is 5. The van der Waals surface area contributed by atoms with Crippen LogP contribution in [0.5, 0.6) is 0 Å². The van der Waals surface area contributed by atoms with Gasteiger partial charge in [0, 0.05) is 18.9 Å². The van der Waals surface area contributed by atoms with Crippen LogP contribution in [0, 0.1) is 13.8 Å². The van der Waals surface area contributed by atoms with Gasteiger partial charge in [-0.25, -0.2) is 4.98 Å². The second-order valence-corrected chi connectivity index (χ2v) is 6.79.